The van der Waals surface area contributed by atoms with E-state index in [1.165, 1.54) is 12.1 Å². The molecule has 0 fully saturated rings. The van der Waals surface area contributed by atoms with Crippen molar-refractivity contribution in [2.45, 2.75) is 25.7 Å². The molecule has 176 valence electrons. The van der Waals surface area contributed by atoms with Gasteiger partial charge in [-0.05, 0) is 48.9 Å². The summed E-state index contributed by atoms with van der Waals surface area (Å²) in [6, 6.07) is 29.4. The predicted molar refractivity (Wildman–Crippen MR) is 137 cm³/mol. The minimum Gasteiger partial charge on any atom is -0.355 e. The molecule has 35 heavy (non-hydrogen) atoms. The summed E-state index contributed by atoms with van der Waals surface area (Å²) in [5.41, 5.74) is 4.52. The molecule has 4 aromatic rings. The van der Waals surface area contributed by atoms with Crippen LogP contribution >= 0.6 is 0 Å². The highest BCUT2D eigenvalue weighted by molar-refractivity contribution is 5.72. The van der Waals surface area contributed by atoms with E-state index in [1.807, 2.05) is 60.7 Å². The van der Waals surface area contributed by atoms with Gasteiger partial charge in [-0.15, -0.1) is 0 Å². The Hall–Kier alpha value is -4.52. The number of nitro groups is 2. The Morgan fingerprint density at radius 1 is 0.514 bits per heavy atom. The summed E-state index contributed by atoms with van der Waals surface area (Å²) < 4.78 is 0. The molecule has 0 aromatic heterocycles. The van der Waals surface area contributed by atoms with Crippen LogP contribution < -0.4 is 5.32 Å². The van der Waals surface area contributed by atoms with Crippen LogP contribution in [0.3, 0.4) is 0 Å². The van der Waals surface area contributed by atoms with Crippen molar-refractivity contribution >= 4 is 22.7 Å². The van der Waals surface area contributed by atoms with Crippen molar-refractivity contribution in [3.63, 3.8) is 0 Å². The topological polar surface area (TPSA) is 98.3 Å². The molecular weight excluding hydrogens is 442 g/mol. The highest BCUT2D eigenvalue weighted by Gasteiger charge is 2.21. The van der Waals surface area contributed by atoms with Gasteiger partial charge in [0.05, 0.1) is 21.0 Å². The van der Waals surface area contributed by atoms with Crippen LogP contribution in [0.25, 0.3) is 0 Å². The highest BCUT2D eigenvalue weighted by Crippen LogP contribution is 2.34. The number of nitrogens with zero attached hydrogens (tertiary/aromatic N) is 2. The second-order valence-corrected chi connectivity index (χ2v) is 8.22. The van der Waals surface area contributed by atoms with E-state index in [4.69, 9.17) is 0 Å². The molecule has 0 radical (unpaired) electrons. The first-order chi connectivity index (χ1) is 17.0. The summed E-state index contributed by atoms with van der Waals surface area (Å²) in [5.74, 6) is 0. The van der Waals surface area contributed by atoms with E-state index >= 15 is 0 Å². The number of rotatable bonds is 10. The van der Waals surface area contributed by atoms with Crippen molar-refractivity contribution in [2.24, 2.45) is 0 Å². The van der Waals surface area contributed by atoms with E-state index in [0.717, 1.165) is 11.1 Å². The Morgan fingerprint density at radius 3 is 1.29 bits per heavy atom. The Kier molecular flexibility index (Phi) is 7.47. The van der Waals surface area contributed by atoms with Gasteiger partial charge < -0.3 is 5.32 Å². The smallest absolute Gasteiger partial charge is 0.274 e. The third kappa shape index (κ3) is 5.89. The van der Waals surface area contributed by atoms with Crippen LogP contribution in [0.4, 0.5) is 22.7 Å². The molecule has 0 saturated carbocycles. The van der Waals surface area contributed by atoms with Crippen LogP contribution in [0.2, 0.25) is 0 Å². The molecule has 0 heterocycles. The van der Waals surface area contributed by atoms with Gasteiger partial charge in [0.1, 0.15) is 0 Å². The molecule has 0 aliphatic carbocycles. The van der Waals surface area contributed by atoms with E-state index in [0.29, 0.717) is 48.2 Å². The van der Waals surface area contributed by atoms with Gasteiger partial charge in [0.2, 0.25) is 0 Å². The monoisotopic (exact) mass is 467 g/mol. The molecule has 7 heteroatoms. The van der Waals surface area contributed by atoms with Crippen LogP contribution in [-0.2, 0) is 25.7 Å². The fraction of sp³-hybridized carbons (Fsp3) is 0.143. The van der Waals surface area contributed by atoms with Crippen LogP contribution in [0.15, 0.2) is 97.1 Å². The summed E-state index contributed by atoms with van der Waals surface area (Å²) in [5, 5.41) is 26.9. The van der Waals surface area contributed by atoms with Crippen molar-refractivity contribution in [1.29, 1.82) is 0 Å². The number of aryl methyl sites for hydroxylation is 2. The SMILES string of the molecule is O=[N+]([O-])c1cccc(Nc2cccc([N+](=O)[O-])c2CCc2ccccc2)c1CCc1ccccc1. The van der Waals surface area contributed by atoms with Crippen molar-refractivity contribution in [3.8, 4) is 0 Å². The van der Waals surface area contributed by atoms with E-state index < -0.39 is 0 Å². The first kappa shape index (κ1) is 23.6. The predicted octanol–water partition coefficient (Wildman–Crippen LogP) is 6.82. The molecule has 0 aliphatic rings. The molecule has 0 saturated heterocycles. The minimum absolute atomic E-state index is 0.0298. The van der Waals surface area contributed by atoms with Gasteiger partial charge in [0.25, 0.3) is 11.4 Å². The Bertz CT molecular complexity index is 1220. The third-order valence-electron chi connectivity index (χ3n) is 5.98. The first-order valence-electron chi connectivity index (χ1n) is 11.4. The molecule has 0 bridgehead atoms. The standard InChI is InChI=1S/C28H25N3O4/c32-30(33)27-15-7-13-25(23(27)19-17-21-9-3-1-4-10-21)29-26-14-8-16-28(31(34)35)24(26)20-18-22-11-5-2-6-12-22/h1-16,29H,17-20H2. The fourth-order valence-electron chi connectivity index (χ4n) is 4.22. The van der Waals surface area contributed by atoms with Crippen molar-refractivity contribution in [3.05, 3.63) is 140 Å². The van der Waals surface area contributed by atoms with Gasteiger partial charge in [-0.3, -0.25) is 20.2 Å². The molecule has 0 amide bonds. The van der Waals surface area contributed by atoms with Gasteiger partial charge in [-0.25, -0.2) is 0 Å². The zero-order chi connectivity index (χ0) is 24.6. The van der Waals surface area contributed by atoms with Crippen LogP contribution in [-0.4, -0.2) is 9.85 Å². The lowest BCUT2D eigenvalue weighted by Crippen LogP contribution is -2.06. The number of anilines is 2. The van der Waals surface area contributed by atoms with Crippen molar-refractivity contribution in [1.82, 2.24) is 0 Å². The molecular formula is C28H25N3O4. The molecule has 0 atom stereocenters. The average Bonchev–Trinajstić information content (AvgIpc) is 2.88. The van der Waals surface area contributed by atoms with Crippen LogP contribution in [0.5, 0.6) is 0 Å². The summed E-state index contributed by atoms with van der Waals surface area (Å²) in [7, 11) is 0. The molecule has 4 aromatic carbocycles. The van der Waals surface area contributed by atoms with Crippen LogP contribution in [0, 0.1) is 20.2 Å². The fourth-order valence-corrected chi connectivity index (χ4v) is 4.22. The normalized spacial score (nSPS) is 10.6. The second-order valence-electron chi connectivity index (χ2n) is 8.22. The minimum atomic E-state index is -0.380. The molecule has 4 rings (SSSR count). The maximum atomic E-state index is 11.8. The number of hydrogen-bond acceptors (Lipinski definition) is 5. The van der Waals surface area contributed by atoms with Crippen LogP contribution in [0.1, 0.15) is 22.3 Å². The first-order valence-corrected chi connectivity index (χ1v) is 11.4. The summed E-state index contributed by atoms with van der Waals surface area (Å²) in [4.78, 5) is 22.8. The van der Waals surface area contributed by atoms with Gasteiger partial charge in [0, 0.05) is 23.5 Å². The van der Waals surface area contributed by atoms with Crippen molar-refractivity contribution < 1.29 is 9.85 Å². The number of nitro benzene ring substituents is 2. The van der Waals surface area contributed by atoms with Gasteiger partial charge in [-0.2, -0.15) is 0 Å². The Morgan fingerprint density at radius 2 is 0.914 bits per heavy atom. The molecule has 7 nitrogen and oxygen atoms in total. The lowest BCUT2D eigenvalue weighted by atomic mass is 9.99. The summed E-state index contributed by atoms with van der Waals surface area (Å²) >= 11 is 0. The lowest BCUT2D eigenvalue weighted by molar-refractivity contribution is -0.385. The quantitative estimate of drug-likeness (QED) is 0.204. The largest absolute Gasteiger partial charge is 0.355 e. The number of hydrogen-bond donors (Lipinski definition) is 1. The Balaban J connectivity index is 1.68. The number of benzene rings is 4. The molecule has 0 aliphatic heterocycles. The maximum absolute atomic E-state index is 11.8. The van der Waals surface area contributed by atoms with Crippen molar-refractivity contribution in [2.75, 3.05) is 5.32 Å². The summed E-state index contributed by atoms with van der Waals surface area (Å²) in [6.07, 6.45) is 2.18. The molecule has 0 spiro atoms. The number of nitrogens with one attached hydrogen (secondary N) is 1. The van der Waals surface area contributed by atoms with Gasteiger partial charge >= 0.3 is 0 Å². The summed E-state index contributed by atoms with van der Waals surface area (Å²) in [6.45, 7) is 0. The van der Waals surface area contributed by atoms with Gasteiger partial charge in [0.15, 0.2) is 0 Å². The van der Waals surface area contributed by atoms with E-state index in [1.54, 1.807) is 24.3 Å². The molecule has 1 N–H and O–H groups in total. The van der Waals surface area contributed by atoms with Gasteiger partial charge in [-0.1, -0.05) is 72.8 Å². The highest BCUT2D eigenvalue weighted by atomic mass is 16.6. The maximum Gasteiger partial charge on any atom is 0.274 e. The zero-order valence-corrected chi connectivity index (χ0v) is 19.1. The third-order valence-corrected chi connectivity index (χ3v) is 5.98. The average molecular weight is 468 g/mol. The lowest BCUT2D eigenvalue weighted by Gasteiger charge is -2.16. The van der Waals surface area contributed by atoms with E-state index in [9.17, 15) is 20.2 Å². The molecule has 0 unspecified atom stereocenters. The second kappa shape index (κ2) is 11.1. The Labute approximate surface area is 203 Å². The van der Waals surface area contributed by atoms with E-state index in [2.05, 4.69) is 5.32 Å². The van der Waals surface area contributed by atoms with E-state index in [-0.39, 0.29) is 21.2 Å². The zero-order valence-electron chi connectivity index (χ0n) is 19.1.